The third-order valence-corrected chi connectivity index (χ3v) is 7.99. The van der Waals surface area contributed by atoms with E-state index in [-0.39, 0.29) is 17.8 Å². The predicted molar refractivity (Wildman–Crippen MR) is 131 cm³/mol. The summed E-state index contributed by atoms with van der Waals surface area (Å²) in [4.78, 5) is 22.7. The van der Waals surface area contributed by atoms with Crippen molar-refractivity contribution in [2.75, 3.05) is 24.5 Å². The molecule has 2 aliphatic rings. The van der Waals surface area contributed by atoms with Crippen molar-refractivity contribution < 1.29 is 9.18 Å². The second-order valence-electron chi connectivity index (χ2n) is 9.04. The minimum Gasteiger partial charge on any atom is -0.346 e. The molecule has 0 N–H and O–H groups in total. The van der Waals surface area contributed by atoms with Gasteiger partial charge in [0.2, 0.25) is 0 Å². The lowest BCUT2D eigenvalue weighted by molar-refractivity contribution is 0.00797. The Morgan fingerprint density at radius 3 is 2.76 bits per heavy atom. The molecule has 0 unspecified atom stereocenters. The number of hydrogen-bond donors (Lipinski definition) is 0. The van der Waals surface area contributed by atoms with Crippen molar-refractivity contribution in [3.05, 3.63) is 83.7 Å². The normalized spacial score (nSPS) is 19.9. The molecule has 4 aromatic rings. The Kier molecular flexibility index (Phi) is 4.91. The van der Waals surface area contributed by atoms with Gasteiger partial charge in [-0.05, 0) is 48.7 Å². The van der Waals surface area contributed by atoms with E-state index < -0.39 is 0 Å². The van der Waals surface area contributed by atoms with Crippen LogP contribution in [0.1, 0.15) is 22.3 Å². The summed E-state index contributed by atoms with van der Waals surface area (Å²) in [5.74, 6) is 0.397. The highest BCUT2D eigenvalue weighted by Crippen LogP contribution is 2.39. The van der Waals surface area contributed by atoms with Crippen molar-refractivity contribution in [2.24, 2.45) is 5.92 Å². The summed E-state index contributed by atoms with van der Waals surface area (Å²) in [6.45, 7) is 4.53. The number of carbonyl (C=O) groups excluding carboxylic acids is 1. The Hall–Kier alpha value is -3.25. The summed E-state index contributed by atoms with van der Waals surface area (Å²) in [6, 6.07) is 21.2. The van der Waals surface area contributed by atoms with E-state index in [0.29, 0.717) is 5.92 Å². The maximum absolute atomic E-state index is 13.7. The number of hydrogen-bond acceptors (Lipinski definition) is 4. The average Bonchev–Trinajstić information content (AvgIpc) is 3.23. The molecule has 0 saturated carbocycles. The van der Waals surface area contributed by atoms with E-state index in [9.17, 15) is 9.18 Å². The molecular formula is C27H24FN3OS. The van der Waals surface area contributed by atoms with Gasteiger partial charge in [-0.25, -0.2) is 9.37 Å². The second kappa shape index (κ2) is 7.96. The van der Waals surface area contributed by atoms with Crippen LogP contribution in [0.5, 0.6) is 0 Å². The van der Waals surface area contributed by atoms with Gasteiger partial charge < -0.3 is 9.80 Å². The summed E-state index contributed by atoms with van der Waals surface area (Å²) in [5.41, 5.74) is 4.72. The fourth-order valence-corrected chi connectivity index (χ4v) is 6.11. The van der Waals surface area contributed by atoms with Gasteiger partial charge in [-0.15, -0.1) is 0 Å². The Morgan fingerprint density at radius 2 is 1.91 bits per heavy atom. The van der Waals surface area contributed by atoms with Crippen molar-refractivity contribution in [3.8, 4) is 11.1 Å². The molecule has 0 aliphatic carbocycles. The lowest BCUT2D eigenvalue weighted by Crippen LogP contribution is -2.65. The summed E-state index contributed by atoms with van der Waals surface area (Å²) in [7, 11) is 0. The molecule has 6 rings (SSSR count). The minimum absolute atomic E-state index is 0.104. The number of halogens is 1. The highest BCUT2D eigenvalue weighted by Gasteiger charge is 2.46. The van der Waals surface area contributed by atoms with Gasteiger partial charge in [0.25, 0.3) is 5.91 Å². The van der Waals surface area contributed by atoms with Gasteiger partial charge in [0.1, 0.15) is 5.82 Å². The zero-order valence-electron chi connectivity index (χ0n) is 18.4. The number of nitrogens with zero attached hydrogens (tertiary/aromatic N) is 3. The molecule has 3 aromatic carbocycles. The van der Waals surface area contributed by atoms with Crippen LogP contribution in [0.4, 0.5) is 9.52 Å². The average molecular weight is 458 g/mol. The molecular weight excluding hydrogens is 433 g/mol. The largest absolute Gasteiger partial charge is 0.346 e. The molecule has 1 aromatic heterocycles. The first kappa shape index (κ1) is 20.4. The molecule has 33 heavy (non-hydrogen) atoms. The zero-order valence-corrected chi connectivity index (χ0v) is 19.2. The van der Waals surface area contributed by atoms with Crippen LogP contribution in [-0.2, 0) is 0 Å². The van der Waals surface area contributed by atoms with Crippen molar-refractivity contribution in [3.63, 3.8) is 0 Å². The number of rotatable bonds is 3. The number of amides is 1. The van der Waals surface area contributed by atoms with E-state index in [0.717, 1.165) is 63.7 Å². The number of benzene rings is 3. The number of piperidine rings is 1. The van der Waals surface area contributed by atoms with Crippen molar-refractivity contribution in [1.29, 1.82) is 0 Å². The van der Waals surface area contributed by atoms with E-state index in [2.05, 4.69) is 29.2 Å². The zero-order chi connectivity index (χ0) is 22.5. The third-order valence-electron chi connectivity index (χ3n) is 6.91. The smallest absolute Gasteiger partial charge is 0.254 e. The first-order valence-corrected chi connectivity index (χ1v) is 12.2. The Balaban J connectivity index is 1.27. The maximum Gasteiger partial charge on any atom is 0.254 e. The van der Waals surface area contributed by atoms with Gasteiger partial charge in [-0.1, -0.05) is 59.4 Å². The first-order valence-electron chi connectivity index (χ1n) is 11.3. The molecule has 1 amide bonds. The van der Waals surface area contributed by atoms with E-state index in [1.165, 1.54) is 17.4 Å². The predicted octanol–water partition coefficient (Wildman–Crippen LogP) is 5.76. The molecule has 2 fully saturated rings. The second-order valence-corrected chi connectivity index (χ2v) is 10.1. The summed E-state index contributed by atoms with van der Waals surface area (Å²) >= 11 is 1.52. The SMILES string of the molecule is Cc1ccc(-c2ccccc2)c(C(=O)N2C[C@@H]3CCN(c4nc5ccc(F)cc5s4)C[C@@H]32)c1. The molecule has 0 radical (unpaired) electrons. The van der Waals surface area contributed by atoms with Gasteiger partial charge in [0.15, 0.2) is 5.13 Å². The van der Waals surface area contributed by atoms with Crippen LogP contribution in [0.25, 0.3) is 21.3 Å². The Morgan fingerprint density at radius 1 is 1.06 bits per heavy atom. The number of fused-ring (bicyclic) bond motifs is 2. The molecule has 2 atom stereocenters. The molecule has 2 saturated heterocycles. The molecule has 6 heteroatoms. The Labute approximate surface area is 196 Å². The fourth-order valence-electron chi connectivity index (χ4n) is 5.08. The van der Waals surface area contributed by atoms with E-state index >= 15 is 0 Å². The van der Waals surface area contributed by atoms with Crippen LogP contribution in [0.3, 0.4) is 0 Å². The molecule has 4 nitrogen and oxygen atoms in total. The number of aromatic nitrogens is 1. The van der Waals surface area contributed by atoms with Gasteiger partial charge in [0, 0.05) is 31.1 Å². The molecule has 2 aliphatic heterocycles. The Bertz CT molecular complexity index is 1350. The van der Waals surface area contributed by atoms with E-state index in [4.69, 9.17) is 4.98 Å². The van der Waals surface area contributed by atoms with E-state index in [1.54, 1.807) is 12.1 Å². The van der Waals surface area contributed by atoms with Crippen molar-refractivity contribution >= 4 is 32.6 Å². The van der Waals surface area contributed by atoms with Crippen LogP contribution in [0.2, 0.25) is 0 Å². The van der Waals surface area contributed by atoms with Crippen molar-refractivity contribution in [2.45, 2.75) is 19.4 Å². The number of aryl methyl sites for hydroxylation is 1. The molecule has 0 bridgehead atoms. The van der Waals surface area contributed by atoms with Gasteiger partial charge in [0.05, 0.1) is 16.3 Å². The van der Waals surface area contributed by atoms with Gasteiger partial charge in [-0.2, -0.15) is 0 Å². The summed E-state index contributed by atoms with van der Waals surface area (Å²) in [6.07, 6.45) is 1.04. The van der Waals surface area contributed by atoms with Gasteiger partial charge >= 0.3 is 0 Å². The van der Waals surface area contributed by atoms with Crippen LogP contribution in [0, 0.1) is 18.7 Å². The standard InChI is InChI=1S/C27H24FN3OS/c1-17-7-9-21(18-5-3-2-4-6-18)22(13-17)26(32)31-15-19-11-12-30(16-24(19)31)27-29-23-10-8-20(28)14-25(23)33-27/h2-10,13-14,19,24H,11-12,15-16H2,1H3/t19-,24-/m0/s1. The quantitative estimate of drug-likeness (QED) is 0.392. The highest BCUT2D eigenvalue weighted by atomic mass is 32.1. The van der Waals surface area contributed by atoms with Crippen LogP contribution in [-0.4, -0.2) is 41.5 Å². The molecule has 0 spiro atoms. The maximum atomic E-state index is 13.7. The van der Waals surface area contributed by atoms with Crippen molar-refractivity contribution in [1.82, 2.24) is 9.88 Å². The third kappa shape index (κ3) is 3.59. The molecule has 166 valence electrons. The van der Waals surface area contributed by atoms with E-state index in [1.807, 2.05) is 36.1 Å². The highest BCUT2D eigenvalue weighted by molar-refractivity contribution is 7.22. The summed E-state index contributed by atoms with van der Waals surface area (Å²) in [5, 5.41) is 0.911. The lowest BCUT2D eigenvalue weighted by atomic mass is 9.81. The topological polar surface area (TPSA) is 36.4 Å². The van der Waals surface area contributed by atoms with Crippen LogP contribution < -0.4 is 4.90 Å². The van der Waals surface area contributed by atoms with Gasteiger partial charge in [-0.3, -0.25) is 4.79 Å². The summed E-state index contributed by atoms with van der Waals surface area (Å²) < 4.78 is 14.5. The fraction of sp³-hybridized carbons (Fsp3) is 0.259. The van der Waals surface area contributed by atoms with Crippen LogP contribution in [0.15, 0.2) is 66.7 Å². The minimum atomic E-state index is -0.237. The van der Waals surface area contributed by atoms with Crippen LogP contribution >= 0.6 is 11.3 Å². The first-order chi connectivity index (χ1) is 16.1. The molecule has 3 heterocycles. The number of anilines is 1. The number of carbonyl (C=O) groups is 1. The number of thiazole rings is 1. The lowest BCUT2D eigenvalue weighted by Gasteiger charge is -2.53. The number of likely N-dealkylation sites (tertiary alicyclic amines) is 1. The monoisotopic (exact) mass is 457 g/mol.